The van der Waals surface area contributed by atoms with Crippen molar-refractivity contribution in [3.8, 4) is 11.1 Å². The average Bonchev–Trinajstić information content (AvgIpc) is 3.01. The van der Waals surface area contributed by atoms with Crippen LogP contribution in [0.3, 0.4) is 0 Å². The zero-order chi connectivity index (χ0) is 16.7. The summed E-state index contributed by atoms with van der Waals surface area (Å²) in [6.07, 6.45) is 0.259. The lowest BCUT2D eigenvalue weighted by molar-refractivity contribution is -0.116. The largest absolute Gasteiger partial charge is 0.325 e. The van der Waals surface area contributed by atoms with E-state index in [1.165, 1.54) is 6.07 Å². The maximum atomic E-state index is 14.4. The van der Waals surface area contributed by atoms with Crippen molar-refractivity contribution in [2.24, 2.45) is 0 Å². The molecule has 0 fully saturated rings. The number of hydrogen-bond acceptors (Lipinski definition) is 2. The van der Waals surface area contributed by atoms with E-state index in [1.807, 2.05) is 35.7 Å². The van der Waals surface area contributed by atoms with Crippen molar-refractivity contribution < 1.29 is 9.18 Å². The zero-order valence-corrected chi connectivity index (χ0v) is 15.0. The molecule has 1 N–H and O–H groups in total. The Bertz CT molecular complexity index is 922. The number of benzene rings is 2. The fourth-order valence-electron chi connectivity index (χ4n) is 3.09. The SMILES string of the molecule is O=C1CC(c2cc(Br)ccc2F)c2scc(-c3ccccc3)c2N1. The van der Waals surface area contributed by atoms with E-state index in [2.05, 4.69) is 21.2 Å². The summed E-state index contributed by atoms with van der Waals surface area (Å²) in [6, 6.07) is 14.8. The minimum atomic E-state index is -0.279. The predicted molar refractivity (Wildman–Crippen MR) is 98.9 cm³/mol. The van der Waals surface area contributed by atoms with Crippen molar-refractivity contribution >= 4 is 38.9 Å². The molecule has 1 aliphatic heterocycles. The summed E-state index contributed by atoms with van der Waals surface area (Å²) >= 11 is 4.97. The second-order valence-corrected chi connectivity index (χ2v) is 7.55. The average molecular weight is 402 g/mol. The minimum absolute atomic E-state index is 0.0811. The number of carbonyl (C=O) groups is 1. The Morgan fingerprint density at radius 3 is 2.75 bits per heavy atom. The summed E-state index contributed by atoms with van der Waals surface area (Å²) < 4.78 is 15.2. The standard InChI is InChI=1S/C19H13BrFNOS/c20-12-6-7-16(21)13(8-12)14-9-17(23)22-18-15(10-24-19(14)18)11-4-2-1-3-5-11/h1-8,10,14H,9H2,(H,22,23). The molecule has 1 atom stereocenters. The smallest absolute Gasteiger partial charge is 0.225 e. The number of carbonyl (C=O) groups excluding carboxylic acids is 1. The first kappa shape index (κ1) is 15.5. The molecule has 4 rings (SSSR count). The molecule has 1 amide bonds. The number of anilines is 1. The van der Waals surface area contributed by atoms with Gasteiger partial charge in [0.1, 0.15) is 5.82 Å². The number of halogens is 2. The van der Waals surface area contributed by atoms with Gasteiger partial charge in [-0.2, -0.15) is 0 Å². The van der Waals surface area contributed by atoms with Crippen LogP contribution in [-0.4, -0.2) is 5.91 Å². The molecule has 0 saturated carbocycles. The molecule has 0 saturated heterocycles. The highest BCUT2D eigenvalue weighted by Crippen LogP contribution is 2.47. The van der Waals surface area contributed by atoms with E-state index in [9.17, 15) is 9.18 Å². The number of fused-ring (bicyclic) bond motifs is 1. The maximum absolute atomic E-state index is 14.4. The van der Waals surface area contributed by atoms with Crippen LogP contribution in [0.15, 0.2) is 58.4 Å². The van der Waals surface area contributed by atoms with Crippen LogP contribution < -0.4 is 5.32 Å². The first-order chi connectivity index (χ1) is 11.6. The summed E-state index contributed by atoms with van der Waals surface area (Å²) in [5, 5.41) is 5.01. The third-order valence-corrected chi connectivity index (χ3v) is 5.80. The fraction of sp³-hybridized carbons (Fsp3) is 0.105. The molecule has 1 aromatic heterocycles. The van der Waals surface area contributed by atoms with Crippen molar-refractivity contribution in [1.29, 1.82) is 0 Å². The molecule has 5 heteroatoms. The van der Waals surface area contributed by atoms with E-state index in [-0.39, 0.29) is 24.1 Å². The quantitative estimate of drug-likeness (QED) is 0.578. The van der Waals surface area contributed by atoms with Gasteiger partial charge in [0.25, 0.3) is 0 Å². The Morgan fingerprint density at radius 1 is 1.17 bits per heavy atom. The normalized spacial score (nSPS) is 16.6. The second-order valence-electron chi connectivity index (χ2n) is 5.73. The van der Waals surface area contributed by atoms with Gasteiger partial charge in [-0.1, -0.05) is 46.3 Å². The lowest BCUT2D eigenvalue weighted by atomic mass is 9.89. The van der Waals surface area contributed by atoms with E-state index in [0.717, 1.165) is 26.2 Å². The van der Waals surface area contributed by atoms with Gasteiger partial charge in [0, 0.05) is 32.6 Å². The van der Waals surface area contributed by atoms with E-state index >= 15 is 0 Å². The molecule has 0 bridgehead atoms. The summed E-state index contributed by atoms with van der Waals surface area (Å²) in [6.45, 7) is 0. The monoisotopic (exact) mass is 401 g/mol. The molecule has 0 radical (unpaired) electrons. The lowest BCUT2D eigenvalue weighted by Gasteiger charge is -2.24. The summed E-state index contributed by atoms with van der Waals surface area (Å²) in [7, 11) is 0. The van der Waals surface area contributed by atoms with Gasteiger partial charge < -0.3 is 5.32 Å². The number of thiophene rings is 1. The summed E-state index contributed by atoms with van der Waals surface area (Å²) in [4.78, 5) is 13.3. The highest BCUT2D eigenvalue weighted by Gasteiger charge is 2.32. The van der Waals surface area contributed by atoms with Crippen molar-refractivity contribution in [3.63, 3.8) is 0 Å². The molecule has 0 aliphatic carbocycles. The Hall–Kier alpha value is -1.98. The molecular formula is C19H13BrFNOS. The Balaban J connectivity index is 1.86. The molecule has 24 heavy (non-hydrogen) atoms. The minimum Gasteiger partial charge on any atom is -0.325 e. The van der Waals surface area contributed by atoms with Crippen LogP contribution in [-0.2, 0) is 4.79 Å². The molecule has 3 aromatic rings. The van der Waals surface area contributed by atoms with Crippen LogP contribution in [0.4, 0.5) is 10.1 Å². The molecular weight excluding hydrogens is 389 g/mol. The van der Waals surface area contributed by atoms with Gasteiger partial charge in [0.15, 0.2) is 0 Å². The predicted octanol–water partition coefficient (Wildman–Crippen LogP) is 5.79. The van der Waals surface area contributed by atoms with Crippen LogP contribution in [0.5, 0.6) is 0 Å². The molecule has 1 aliphatic rings. The first-order valence-electron chi connectivity index (χ1n) is 7.55. The first-order valence-corrected chi connectivity index (χ1v) is 9.22. The summed E-state index contributed by atoms with van der Waals surface area (Å²) in [5.41, 5.74) is 3.41. The van der Waals surface area contributed by atoms with E-state index in [1.54, 1.807) is 23.5 Å². The molecule has 120 valence electrons. The summed E-state index contributed by atoms with van der Waals surface area (Å²) in [5.74, 6) is -0.616. The molecule has 2 nitrogen and oxygen atoms in total. The molecule has 2 heterocycles. The molecule has 0 spiro atoms. The Kier molecular flexibility index (Phi) is 3.98. The van der Waals surface area contributed by atoms with Gasteiger partial charge in [0.2, 0.25) is 5.91 Å². The van der Waals surface area contributed by atoms with Gasteiger partial charge in [-0.25, -0.2) is 4.39 Å². The van der Waals surface area contributed by atoms with Gasteiger partial charge in [-0.3, -0.25) is 4.79 Å². The zero-order valence-electron chi connectivity index (χ0n) is 12.6. The number of amides is 1. The van der Waals surface area contributed by atoms with Crippen LogP contribution in [0.2, 0.25) is 0 Å². The number of nitrogens with one attached hydrogen (secondary N) is 1. The van der Waals surface area contributed by atoms with Gasteiger partial charge in [0.05, 0.1) is 5.69 Å². The van der Waals surface area contributed by atoms with E-state index in [4.69, 9.17) is 0 Å². The third kappa shape index (κ3) is 2.68. The highest BCUT2D eigenvalue weighted by atomic mass is 79.9. The molecule has 1 unspecified atom stereocenters. The Morgan fingerprint density at radius 2 is 1.96 bits per heavy atom. The molecule has 2 aromatic carbocycles. The number of hydrogen-bond donors (Lipinski definition) is 1. The lowest BCUT2D eigenvalue weighted by Crippen LogP contribution is -2.23. The number of rotatable bonds is 2. The van der Waals surface area contributed by atoms with Gasteiger partial charge >= 0.3 is 0 Å². The maximum Gasteiger partial charge on any atom is 0.225 e. The third-order valence-electron chi connectivity index (χ3n) is 4.21. The van der Waals surface area contributed by atoms with Crippen LogP contribution >= 0.6 is 27.3 Å². The van der Waals surface area contributed by atoms with Gasteiger partial charge in [-0.05, 0) is 29.3 Å². The topological polar surface area (TPSA) is 29.1 Å². The second kappa shape index (κ2) is 6.15. The van der Waals surface area contributed by atoms with E-state index < -0.39 is 0 Å². The van der Waals surface area contributed by atoms with Crippen molar-refractivity contribution in [2.45, 2.75) is 12.3 Å². The Labute approximate surface area is 151 Å². The van der Waals surface area contributed by atoms with Crippen molar-refractivity contribution in [1.82, 2.24) is 0 Å². The highest BCUT2D eigenvalue weighted by molar-refractivity contribution is 9.10. The van der Waals surface area contributed by atoms with Crippen molar-refractivity contribution in [3.05, 3.63) is 74.6 Å². The van der Waals surface area contributed by atoms with Crippen LogP contribution in [0.25, 0.3) is 11.1 Å². The van der Waals surface area contributed by atoms with Gasteiger partial charge in [-0.15, -0.1) is 11.3 Å². The van der Waals surface area contributed by atoms with Crippen molar-refractivity contribution in [2.75, 3.05) is 5.32 Å². The van der Waals surface area contributed by atoms with E-state index in [0.29, 0.717) is 5.56 Å². The van der Waals surface area contributed by atoms with Crippen LogP contribution in [0, 0.1) is 5.82 Å². The van der Waals surface area contributed by atoms with Crippen LogP contribution in [0.1, 0.15) is 22.8 Å². The fourth-order valence-corrected chi connectivity index (χ4v) is 4.62.